The number of H-pyrrole nitrogens is 2. The van der Waals surface area contributed by atoms with Crippen molar-refractivity contribution < 1.29 is 14.3 Å². The maximum atomic E-state index is 12.5. The molecule has 3 rings (SSSR count). The summed E-state index contributed by atoms with van der Waals surface area (Å²) in [7, 11) is 0. The Balaban J connectivity index is 1.60. The van der Waals surface area contributed by atoms with Crippen molar-refractivity contribution in [3.63, 3.8) is 0 Å². The van der Waals surface area contributed by atoms with Crippen LogP contribution in [0.4, 0.5) is 10.5 Å². The maximum absolute atomic E-state index is 12.5. The Morgan fingerprint density at radius 3 is 2.69 bits per heavy atom. The van der Waals surface area contributed by atoms with Crippen LogP contribution < -0.4 is 10.9 Å². The minimum atomic E-state index is -0.366. The van der Waals surface area contributed by atoms with Crippen molar-refractivity contribution in [2.45, 2.75) is 19.8 Å². The number of nitrogens with zero attached hydrogens (tertiary/aromatic N) is 1. The zero-order valence-electron chi connectivity index (χ0n) is 14.6. The van der Waals surface area contributed by atoms with E-state index in [9.17, 15) is 14.4 Å². The number of rotatable bonds is 4. The van der Waals surface area contributed by atoms with Crippen LogP contribution in [0.15, 0.2) is 35.1 Å². The number of aromatic nitrogens is 2. The van der Waals surface area contributed by atoms with E-state index in [2.05, 4.69) is 15.5 Å². The molecule has 1 saturated heterocycles. The first-order chi connectivity index (χ1) is 12.6. The average molecular weight is 358 g/mol. The molecule has 138 valence electrons. The summed E-state index contributed by atoms with van der Waals surface area (Å²) in [6.07, 6.45) is 1.15. The topological polar surface area (TPSA) is 107 Å². The number of ether oxygens (including phenoxy) is 1. The molecule has 1 aromatic heterocycles. The van der Waals surface area contributed by atoms with Crippen LogP contribution in [-0.2, 0) is 9.53 Å². The lowest BCUT2D eigenvalue weighted by atomic mass is 9.97. The molecule has 26 heavy (non-hydrogen) atoms. The maximum Gasteiger partial charge on any atom is 0.409 e. The molecule has 0 aliphatic carbocycles. The number of aromatic amines is 2. The van der Waals surface area contributed by atoms with E-state index >= 15 is 0 Å². The van der Waals surface area contributed by atoms with Gasteiger partial charge < -0.3 is 15.0 Å². The largest absolute Gasteiger partial charge is 0.450 e. The molecule has 2 aromatic rings. The van der Waals surface area contributed by atoms with E-state index in [0.29, 0.717) is 31.1 Å². The molecular weight excluding hydrogens is 336 g/mol. The normalized spacial score (nSPS) is 17.0. The van der Waals surface area contributed by atoms with E-state index in [1.807, 2.05) is 12.1 Å². The van der Waals surface area contributed by atoms with Crippen LogP contribution in [0.5, 0.6) is 0 Å². The molecule has 0 spiro atoms. The number of benzene rings is 1. The van der Waals surface area contributed by atoms with E-state index < -0.39 is 0 Å². The van der Waals surface area contributed by atoms with Crippen molar-refractivity contribution in [2.75, 3.05) is 25.0 Å². The van der Waals surface area contributed by atoms with Crippen LogP contribution >= 0.6 is 0 Å². The lowest BCUT2D eigenvalue weighted by Gasteiger charge is -2.31. The summed E-state index contributed by atoms with van der Waals surface area (Å²) in [6.45, 7) is 3.07. The highest BCUT2D eigenvalue weighted by atomic mass is 16.6. The van der Waals surface area contributed by atoms with Crippen LogP contribution in [0.25, 0.3) is 11.3 Å². The van der Waals surface area contributed by atoms with Crippen LogP contribution in [0.3, 0.4) is 0 Å². The number of carbonyl (C=O) groups excluding carboxylic acids is 2. The summed E-state index contributed by atoms with van der Waals surface area (Å²) in [4.78, 5) is 37.1. The Hall–Kier alpha value is -3.03. The molecule has 1 aliphatic rings. The van der Waals surface area contributed by atoms with Gasteiger partial charge in [-0.15, -0.1) is 0 Å². The second-order valence-corrected chi connectivity index (χ2v) is 6.22. The molecule has 3 N–H and O–H groups in total. The number of piperidine rings is 1. The van der Waals surface area contributed by atoms with E-state index in [0.717, 1.165) is 18.4 Å². The van der Waals surface area contributed by atoms with Gasteiger partial charge in [-0.05, 0) is 37.5 Å². The monoisotopic (exact) mass is 358 g/mol. The van der Waals surface area contributed by atoms with Gasteiger partial charge in [0.15, 0.2) is 0 Å². The molecule has 8 nitrogen and oxygen atoms in total. The first-order valence-electron chi connectivity index (χ1n) is 8.67. The summed E-state index contributed by atoms with van der Waals surface area (Å²) < 4.78 is 5.01. The molecule has 1 atom stereocenters. The SMILES string of the molecule is CCOC(=O)N1CCCC(C(=O)Nc2ccc(-c3cc(=O)[nH][nH]3)cc2)C1. The summed E-state index contributed by atoms with van der Waals surface area (Å²) >= 11 is 0. The highest BCUT2D eigenvalue weighted by Crippen LogP contribution is 2.21. The van der Waals surface area contributed by atoms with E-state index in [1.165, 1.54) is 6.07 Å². The first kappa shape index (κ1) is 17.8. The summed E-state index contributed by atoms with van der Waals surface area (Å²) in [5.41, 5.74) is 2.00. The quantitative estimate of drug-likeness (QED) is 0.778. The minimum absolute atomic E-state index is 0.109. The predicted octanol–water partition coefficient (Wildman–Crippen LogP) is 2.18. The Morgan fingerprint density at radius 2 is 2.04 bits per heavy atom. The van der Waals surface area contributed by atoms with E-state index in [1.54, 1.807) is 24.0 Å². The molecule has 0 bridgehead atoms. The minimum Gasteiger partial charge on any atom is -0.450 e. The van der Waals surface area contributed by atoms with Crippen LogP contribution in [0.1, 0.15) is 19.8 Å². The van der Waals surface area contributed by atoms with Crippen LogP contribution in [0, 0.1) is 5.92 Å². The van der Waals surface area contributed by atoms with Gasteiger partial charge in [-0.2, -0.15) is 0 Å². The van der Waals surface area contributed by atoms with Gasteiger partial charge in [-0.25, -0.2) is 4.79 Å². The third-order valence-electron chi connectivity index (χ3n) is 4.38. The highest BCUT2D eigenvalue weighted by Gasteiger charge is 2.29. The second-order valence-electron chi connectivity index (χ2n) is 6.22. The lowest BCUT2D eigenvalue weighted by Crippen LogP contribution is -2.44. The zero-order chi connectivity index (χ0) is 18.5. The predicted molar refractivity (Wildman–Crippen MR) is 96.8 cm³/mol. The number of carbonyl (C=O) groups is 2. The fourth-order valence-electron chi connectivity index (χ4n) is 3.04. The van der Waals surface area contributed by atoms with Gasteiger partial charge in [-0.1, -0.05) is 12.1 Å². The second kappa shape index (κ2) is 7.90. The van der Waals surface area contributed by atoms with Crippen LogP contribution in [-0.4, -0.2) is 46.8 Å². The van der Waals surface area contributed by atoms with Gasteiger partial charge >= 0.3 is 6.09 Å². The zero-order valence-corrected chi connectivity index (χ0v) is 14.6. The number of nitrogens with one attached hydrogen (secondary N) is 3. The third kappa shape index (κ3) is 4.14. The van der Waals surface area contributed by atoms with Gasteiger partial charge in [0, 0.05) is 24.8 Å². The molecule has 1 unspecified atom stereocenters. The number of hydrogen-bond acceptors (Lipinski definition) is 4. The van der Waals surface area contributed by atoms with Crippen molar-refractivity contribution in [3.05, 3.63) is 40.7 Å². The van der Waals surface area contributed by atoms with Crippen molar-refractivity contribution in [1.29, 1.82) is 0 Å². The van der Waals surface area contributed by atoms with Crippen molar-refractivity contribution in [3.8, 4) is 11.3 Å². The molecule has 8 heteroatoms. The Kier molecular flexibility index (Phi) is 5.40. The Morgan fingerprint density at radius 1 is 1.27 bits per heavy atom. The first-order valence-corrected chi connectivity index (χ1v) is 8.67. The number of anilines is 1. The van der Waals surface area contributed by atoms with Gasteiger partial charge in [0.1, 0.15) is 0 Å². The molecule has 0 radical (unpaired) electrons. The number of hydrogen-bond donors (Lipinski definition) is 3. The van der Waals surface area contributed by atoms with Gasteiger partial charge in [0.05, 0.1) is 18.2 Å². The fourth-order valence-corrected chi connectivity index (χ4v) is 3.04. The Labute approximate surface area is 150 Å². The van der Waals surface area contributed by atoms with Gasteiger partial charge in [0.2, 0.25) is 5.91 Å². The van der Waals surface area contributed by atoms with E-state index in [4.69, 9.17) is 4.74 Å². The molecule has 1 aromatic carbocycles. The molecule has 1 fully saturated rings. The smallest absolute Gasteiger partial charge is 0.409 e. The fraction of sp³-hybridized carbons (Fsp3) is 0.389. The summed E-state index contributed by atoms with van der Waals surface area (Å²) in [6, 6.07) is 8.68. The summed E-state index contributed by atoms with van der Waals surface area (Å²) in [5, 5.41) is 8.16. The molecule has 0 saturated carbocycles. The standard InChI is InChI=1S/C18H22N4O4/c1-2-26-18(25)22-9-3-4-13(11-22)17(24)19-14-7-5-12(6-8-14)15-10-16(23)21-20-15/h5-8,10,13H,2-4,9,11H2,1H3,(H,19,24)(H2,20,21,23). The third-order valence-corrected chi connectivity index (χ3v) is 4.38. The van der Waals surface area contributed by atoms with E-state index in [-0.39, 0.29) is 23.5 Å². The molecule has 2 amide bonds. The molecular formula is C18H22N4O4. The Bertz CT molecular complexity index is 824. The number of amides is 2. The van der Waals surface area contributed by atoms with Gasteiger partial charge in [-0.3, -0.25) is 19.8 Å². The average Bonchev–Trinajstić information content (AvgIpc) is 3.09. The number of likely N-dealkylation sites (tertiary alicyclic amines) is 1. The van der Waals surface area contributed by atoms with Gasteiger partial charge in [0.25, 0.3) is 5.56 Å². The van der Waals surface area contributed by atoms with Crippen molar-refractivity contribution >= 4 is 17.7 Å². The highest BCUT2D eigenvalue weighted by molar-refractivity contribution is 5.93. The lowest BCUT2D eigenvalue weighted by molar-refractivity contribution is -0.121. The van der Waals surface area contributed by atoms with Crippen molar-refractivity contribution in [1.82, 2.24) is 15.1 Å². The van der Waals surface area contributed by atoms with Crippen molar-refractivity contribution in [2.24, 2.45) is 5.92 Å². The molecule has 1 aliphatic heterocycles. The van der Waals surface area contributed by atoms with Crippen LogP contribution in [0.2, 0.25) is 0 Å². The summed E-state index contributed by atoms with van der Waals surface area (Å²) in [5.74, 6) is -0.365. The molecule has 2 heterocycles.